The highest BCUT2D eigenvalue weighted by Gasteiger charge is 2.09. The minimum absolute atomic E-state index is 0.213. The summed E-state index contributed by atoms with van der Waals surface area (Å²) in [5.74, 6) is -0.0787. The maximum absolute atomic E-state index is 12.9. The molecule has 1 heterocycles. The van der Waals surface area contributed by atoms with Crippen molar-refractivity contribution in [1.29, 1.82) is 0 Å². The van der Waals surface area contributed by atoms with Crippen molar-refractivity contribution in [2.45, 2.75) is 32.1 Å². The summed E-state index contributed by atoms with van der Waals surface area (Å²) in [7, 11) is 0. The average Bonchev–Trinajstić information content (AvgIpc) is 2.65. The molecule has 0 fully saturated rings. The number of carbonyl (C=O) groups excluding carboxylic acids is 1. The van der Waals surface area contributed by atoms with E-state index in [1.807, 2.05) is 0 Å². The van der Waals surface area contributed by atoms with Crippen LogP contribution in [0.25, 0.3) is 0 Å². The highest BCUT2D eigenvalue weighted by atomic mass is 19.1. The Morgan fingerprint density at radius 1 is 1.12 bits per heavy atom. The zero-order chi connectivity index (χ0) is 17.5. The molecular formula is C19H21FN4O. The predicted octanol–water partition coefficient (Wildman–Crippen LogP) is 4.17. The summed E-state index contributed by atoms with van der Waals surface area (Å²) in [6.07, 6.45) is 11.3. The van der Waals surface area contributed by atoms with E-state index in [9.17, 15) is 9.18 Å². The second kappa shape index (κ2) is 8.37. The summed E-state index contributed by atoms with van der Waals surface area (Å²) in [6.45, 7) is 0.807. The molecule has 1 aromatic carbocycles. The Balaban J connectivity index is 1.50. The summed E-state index contributed by atoms with van der Waals surface area (Å²) in [4.78, 5) is 20.5. The lowest BCUT2D eigenvalue weighted by molar-refractivity contribution is 0.102. The largest absolute Gasteiger partial charge is 0.368 e. The third kappa shape index (κ3) is 5.11. The number of aromatic nitrogens is 2. The van der Waals surface area contributed by atoms with E-state index in [2.05, 4.69) is 26.7 Å². The van der Waals surface area contributed by atoms with Crippen molar-refractivity contribution >= 4 is 17.4 Å². The van der Waals surface area contributed by atoms with Crippen LogP contribution in [-0.2, 0) is 0 Å². The van der Waals surface area contributed by atoms with Gasteiger partial charge in [0.25, 0.3) is 5.91 Å². The van der Waals surface area contributed by atoms with Crippen molar-refractivity contribution in [2.24, 2.45) is 0 Å². The quantitative estimate of drug-likeness (QED) is 0.775. The van der Waals surface area contributed by atoms with Gasteiger partial charge < -0.3 is 10.6 Å². The van der Waals surface area contributed by atoms with E-state index >= 15 is 0 Å². The second-order valence-electron chi connectivity index (χ2n) is 6.03. The maximum atomic E-state index is 12.9. The maximum Gasteiger partial charge on any atom is 0.275 e. The topological polar surface area (TPSA) is 66.9 Å². The van der Waals surface area contributed by atoms with E-state index in [1.54, 1.807) is 6.20 Å². The van der Waals surface area contributed by atoms with Crippen molar-refractivity contribution in [2.75, 3.05) is 17.2 Å². The van der Waals surface area contributed by atoms with E-state index in [0.29, 0.717) is 11.5 Å². The fraction of sp³-hybridized carbons (Fsp3) is 0.316. The number of allylic oxidation sites excluding steroid dienone is 1. The molecule has 3 rings (SSSR count). The van der Waals surface area contributed by atoms with Gasteiger partial charge in [-0.15, -0.1) is 0 Å². The van der Waals surface area contributed by atoms with Gasteiger partial charge in [-0.05, 0) is 56.4 Å². The average molecular weight is 340 g/mol. The van der Waals surface area contributed by atoms with Crippen LogP contribution in [0, 0.1) is 5.82 Å². The SMILES string of the molecule is O=C(Nc1ccc(F)cc1)c1cnc(NCCC2=CCCCC2)cn1. The number of carbonyl (C=O) groups is 1. The van der Waals surface area contributed by atoms with Gasteiger partial charge in [-0.25, -0.2) is 14.4 Å². The lowest BCUT2D eigenvalue weighted by atomic mass is 9.97. The van der Waals surface area contributed by atoms with Gasteiger partial charge >= 0.3 is 0 Å². The first-order valence-electron chi connectivity index (χ1n) is 8.51. The normalized spacial score (nSPS) is 13.9. The fourth-order valence-electron chi connectivity index (χ4n) is 2.75. The minimum Gasteiger partial charge on any atom is -0.368 e. The zero-order valence-electron chi connectivity index (χ0n) is 14.0. The first-order chi connectivity index (χ1) is 12.2. The molecule has 2 aromatic rings. The Kier molecular flexibility index (Phi) is 5.72. The molecule has 1 aliphatic carbocycles. The Morgan fingerprint density at radius 2 is 1.96 bits per heavy atom. The van der Waals surface area contributed by atoms with Crippen LogP contribution in [0.2, 0.25) is 0 Å². The number of rotatable bonds is 6. The number of nitrogens with one attached hydrogen (secondary N) is 2. The minimum atomic E-state index is -0.377. The molecule has 6 heteroatoms. The molecule has 130 valence electrons. The van der Waals surface area contributed by atoms with Gasteiger partial charge in [-0.2, -0.15) is 0 Å². The lowest BCUT2D eigenvalue weighted by Gasteiger charge is -2.13. The number of nitrogens with zero attached hydrogens (tertiary/aromatic N) is 2. The Bertz CT molecular complexity index is 741. The first kappa shape index (κ1) is 17.1. The molecule has 1 amide bonds. The molecule has 25 heavy (non-hydrogen) atoms. The molecule has 0 unspecified atom stereocenters. The Morgan fingerprint density at radius 3 is 2.64 bits per heavy atom. The molecule has 0 atom stereocenters. The van der Waals surface area contributed by atoms with Crippen molar-refractivity contribution in [3.05, 3.63) is 59.8 Å². The van der Waals surface area contributed by atoms with E-state index < -0.39 is 0 Å². The van der Waals surface area contributed by atoms with Gasteiger partial charge in [-0.3, -0.25) is 4.79 Å². The molecular weight excluding hydrogens is 319 g/mol. The van der Waals surface area contributed by atoms with Crippen LogP contribution in [0.15, 0.2) is 48.3 Å². The number of hydrogen-bond acceptors (Lipinski definition) is 4. The van der Waals surface area contributed by atoms with E-state index in [1.165, 1.54) is 61.7 Å². The molecule has 0 saturated carbocycles. The summed E-state index contributed by atoms with van der Waals surface area (Å²) in [6, 6.07) is 5.57. The highest BCUT2D eigenvalue weighted by molar-refractivity contribution is 6.02. The molecule has 0 aliphatic heterocycles. The van der Waals surface area contributed by atoms with Gasteiger partial charge in [-0.1, -0.05) is 11.6 Å². The van der Waals surface area contributed by atoms with Crippen LogP contribution in [0.1, 0.15) is 42.6 Å². The van der Waals surface area contributed by atoms with Crippen LogP contribution in [0.5, 0.6) is 0 Å². The van der Waals surface area contributed by atoms with Crippen molar-refractivity contribution in [3.8, 4) is 0 Å². The standard InChI is InChI=1S/C19H21FN4O/c20-15-6-8-16(9-7-15)24-19(25)17-12-23-18(13-22-17)21-11-10-14-4-2-1-3-5-14/h4,6-9,12-13H,1-3,5,10-11H2,(H,21,23)(H,24,25). The highest BCUT2D eigenvalue weighted by Crippen LogP contribution is 2.19. The van der Waals surface area contributed by atoms with Crippen LogP contribution in [-0.4, -0.2) is 22.4 Å². The van der Waals surface area contributed by atoms with E-state index in [-0.39, 0.29) is 17.4 Å². The summed E-state index contributed by atoms with van der Waals surface area (Å²) in [5.41, 5.74) is 2.23. The van der Waals surface area contributed by atoms with Crippen molar-refractivity contribution < 1.29 is 9.18 Å². The third-order valence-electron chi connectivity index (χ3n) is 4.12. The molecule has 0 spiro atoms. The lowest BCUT2D eigenvalue weighted by Crippen LogP contribution is -2.14. The third-order valence-corrected chi connectivity index (χ3v) is 4.12. The van der Waals surface area contributed by atoms with Crippen LogP contribution in [0.4, 0.5) is 15.9 Å². The van der Waals surface area contributed by atoms with E-state index in [0.717, 1.165) is 13.0 Å². The summed E-state index contributed by atoms with van der Waals surface area (Å²) < 4.78 is 12.9. The fourth-order valence-corrected chi connectivity index (χ4v) is 2.75. The van der Waals surface area contributed by atoms with Gasteiger partial charge in [0.1, 0.15) is 17.3 Å². The second-order valence-corrected chi connectivity index (χ2v) is 6.03. The number of hydrogen-bond donors (Lipinski definition) is 2. The monoisotopic (exact) mass is 340 g/mol. The number of halogens is 1. The van der Waals surface area contributed by atoms with Crippen LogP contribution in [0.3, 0.4) is 0 Å². The van der Waals surface area contributed by atoms with E-state index in [4.69, 9.17) is 0 Å². The van der Waals surface area contributed by atoms with Gasteiger partial charge in [0, 0.05) is 12.2 Å². The van der Waals surface area contributed by atoms with Gasteiger partial charge in [0.2, 0.25) is 0 Å². The molecule has 1 aliphatic rings. The zero-order valence-corrected chi connectivity index (χ0v) is 14.0. The van der Waals surface area contributed by atoms with Crippen LogP contribution < -0.4 is 10.6 Å². The summed E-state index contributed by atoms with van der Waals surface area (Å²) >= 11 is 0. The number of benzene rings is 1. The number of anilines is 2. The molecule has 1 aromatic heterocycles. The molecule has 0 saturated heterocycles. The molecule has 2 N–H and O–H groups in total. The van der Waals surface area contributed by atoms with Gasteiger partial charge in [0.05, 0.1) is 12.4 Å². The number of amides is 1. The molecule has 5 nitrogen and oxygen atoms in total. The molecule has 0 bridgehead atoms. The van der Waals surface area contributed by atoms with Crippen LogP contribution >= 0.6 is 0 Å². The van der Waals surface area contributed by atoms with Crippen molar-refractivity contribution in [3.63, 3.8) is 0 Å². The smallest absolute Gasteiger partial charge is 0.275 e. The Labute approximate surface area is 146 Å². The summed E-state index contributed by atoms with van der Waals surface area (Å²) in [5, 5.41) is 5.88. The Hall–Kier alpha value is -2.76. The first-order valence-corrected chi connectivity index (χ1v) is 8.51. The van der Waals surface area contributed by atoms with Crippen molar-refractivity contribution in [1.82, 2.24) is 9.97 Å². The van der Waals surface area contributed by atoms with Gasteiger partial charge in [0.15, 0.2) is 0 Å². The predicted molar refractivity (Wildman–Crippen MR) is 96.0 cm³/mol. The molecule has 0 radical (unpaired) electrons.